The highest BCUT2D eigenvalue weighted by atomic mass is 79.9. The van der Waals surface area contributed by atoms with E-state index in [0.29, 0.717) is 28.8 Å². The van der Waals surface area contributed by atoms with Crippen molar-refractivity contribution < 1.29 is 9.59 Å². The Morgan fingerprint density at radius 3 is 2.31 bits per heavy atom. The Labute approximate surface area is 161 Å². The van der Waals surface area contributed by atoms with Crippen molar-refractivity contribution in [2.45, 2.75) is 19.3 Å². The Morgan fingerprint density at radius 1 is 0.962 bits per heavy atom. The summed E-state index contributed by atoms with van der Waals surface area (Å²) in [5, 5.41) is 2.79. The van der Waals surface area contributed by atoms with Gasteiger partial charge in [-0.1, -0.05) is 24.3 Å². The van der Waals surface area contributed by atoms with Crippen LogP contribution in [0.4, 0.5) is 0 Å². The molecule has 1 fully saturated rings. The lowest BCUT2D eigenvalue weighted by Gasteiger charge is -2.28. The van der Waals surface area contributed by atoms with E-state index in [1.54, 1.807) is 47.5 Å². The summed E-state index contributed by atoms with van der Waals surface area (Å²) in [4.78, 5) is 31.8. The first-order chi connectivity index (χ1) is 12.7. The zero-order valence-corrected chi connectivity index (χ0v) is 15.9. The van der Waals surface area contributed by atoms with E-state index >= 15 is 0 Å². The van der Waals surface area contributed by atoms with Gasteiger partial charge < -0.3 is 10.2 Å². The number of rotatable bonds is 4. The van der Waals surface area contributed by atoms with E-state index in [1.165, 1.54) is 0 Å². The third kappa shape index (κ3) is 4.38. The van der Waals surface area contributed by atoms with Crippen LogP contribution in [0, 0.1) is 0 Å². The van der Waals surface area contributed by atoms with Gasteiger partial charge in [0.2, 0.25) is 0 Å². The number of pyridine rings is 1. The number of nitrogens with zero attached hydrogens (tertiary/aromatic N) is 2. The quantitative estimate of drug-likeness (QED) is 0.778. The summed E-state index contributed by atoms with van der Waals surface area (Å²) in [5.74, 6) is -0.509. The summed E-state index contributed by atoms with van der Waals surface area (Å²) in [6.45, 7) is 1.40. The molecule has 0 unspecified atom stereocenters. The Morgan fingerprint density at radius 2 is 1.65 bits per heavy atom. The van der Waals surface area contributed by atoms with E-state index in [1.807, 2.05) is 12.1 Å². The fourth-order valence-electron chi connectivity index (χ4n) is 2.85. The molecule has 3 rings (SSSR count). The molecule has 1 N–H and O–H groups in total. The molecule has 5 nitrogen and oxygen atoms in total. The summed E-state index contributed by atoms with van der Waals surface area (Å²) in [6.07, 6.45) is 4.74. The van der Waals surface area contributed by atoms with Crippen LogP contribution in [-0.2, 0) is 4.79 Å². The number of likely N-dealkylation sites (tertiary alicyclic amines) is 1. The highest BCUT2D eigenvalue weighted by Crippen LogP contribution is 2.24. The van der Waals surface area contributed by atoms with Gasteiger partial charge in [0.05, 0.1) is 10.2 Å². The van der Waals surface area contributed by atoms with Crippen molar-refractivity contribution in [1.29, 1.82) is 0 Å². The van der Waals surface area contributed by atoms with Gasteiger partial charge in [-0.3, -0.25) is 14.6 Å². The van der Waals surface area contributed by atoms with Crippen LogP contribution in [0.1, 0.15) is 35.3 Å². The lowest BCUT2D eigenvalue weighted by Crippen LogP contribution is -2.41. The largest absolute Gasteiger partial charge is 0.337 e. The number of benzene rings is 1. The second-order valence-corrected chi connectivity index (χ2v) is 6.87. The van der Waals surface area contributed by atoms with Gasteiger partial charge in [0.1, 0.15) is 5.70 Å². The van der Waals surface area contributed by atoms with Gasteiger partial charge >= 0.3 is 0 Å². The maximum atomic E-state index is 13.1. The second-order valence-electron chi connectivity index (χ2n) is 6.08. The predicted octanol–water partition coefficient (Wildman–Crippen LogP) is 3.59. The van der Waals surface area contributed by atoms with Crippen molar-refractivity contribution in [1.82, 2.24) is 15.2 Å². The van der Waals surface area contributed by atoms with Crippen LogP contribution >= 0.6 is 15.9 Å². The molecule has 2 amide bonds. The monoisotopic (exact) mass is 413 g/mol. The lowest BCUT2D eigenvalue weighted by molar-refractivity contribution is -0.128. The van der Waals surface area contributed by atoms with Gasteiger partial charge in [-0.25, -0.2) is 0 Å². The summed E-state index contributed by atoms with van der Waals surface area (Å²) in [6, 6.07) is 14.3. The number of aromatic nitrogens is 1. The number of amides is 2. The predicted molar refractivity (Wildman–Crippen MR) is 104 cm³/mol. The third-order valence-corrected chi connectivity index (χ3v) is 5.04. The zero-order chi connectivity index (χ0) is 18.4. The van der Waals surface area contributed by atoms with Crippen LogP contribution in [0.25, 0.3) is 4.48 Å². The molecule has 0 bridgehead atoms. The number of hydrogen-bond donors (Lipinski definition) is 1. The average Bonchev–Trinajstić information content (AvgIpc) is 2.73. The lowest BCUT2D eigenvalue weighted by atomic mass is 10.1. The van der Waals surface area contributed by atoms with E-state index in [4.69, 9.17) is 0 Å². The first-order valence-electron chi connectivity index (χ1n) is 8.63. The number of piperidine rings is 1. The zero-order valence-electron chi connectivity index (χ0n) is 14.3. The first kappa shape index (κ1) is 18.3. The summed E-state index contributed by atoms with van der Waals surface area (Å²) < 4.78 is 0.484. The van der Waals surface area contributed by atoms with Crippen molar-refractivity contribution in [2.24, 2.45) is 0 Å². The molecular weight excluding hydrogens is 394 g/mol. The molecule has 1 aromatic heterocycles. The molecule has 1 aliphatic heterocycles. The standard InChI is InChI=1S/C20H20BrN3O2/c21-17(16-11-5-6-12-22-16)18(20(26)24-13-7-2-8-14-24)23-19(25)15-9-3-1-4-10-15/h1,3-6,9-12H,2,7-8,13-14H2,(H,23,25)/b18-17-. The van der Waals surface area contributed by atoms with Crippen molar-refractivity contribution in [2.75, 3.05) is 13.1 Å². The number of halogens is 1. The molecule has 0 saturated carbocycles. The van der Waals surface area contributed by atoms with Crippen molar-refractivity contribution in [3.63, 3.8) is 0 Å². The van der Waals surface area contributed by atoms with Crippen molar-refractivity contribution in [3.05, 3.63) is 71.7 Å². The fraction of sp³-hybridized carbons (Fsp3) is 0.250. The minimum Gasteiger partial charge on any atom is -0.337 e. The molecule has 0 radical (unpaired) electrons. The first-order valence-corrected chi connectivity index (χ1v) is 9.43. The van der Waals surface area contributed by atoms with Gasteiger partial charge in [-0.2, -0.15) is 0 Å². The van der Waals surface area contributed by atoms with E-state index < -0.39 is 0 Å². The smallest absolute Gasteiger partial charge is 0.271 e. The average molecular weight is 414 g/mol. The van der Waals surface area contributed by atoms with Crippen LogP contribution in [0.15, 0.2) is 60.4 Å². The molecule has 2 heterocycles. The van der Waals surface area contributed by atoms with Gasteiger partial charge in [-0.15, -0.1) is 0 Å². The van der Waals surface area contributed by atoms with Crippen molar-refractivity contribution >= 4 is 32.2 Å². The molecule has 0 spiro atoms. The van der Waals surface area contributed by atoms with E-state index in [9.17, 15) is 9.59 Å². The second kappa shape index (κ2) is 8.76. The SMILES string of the molecule is O=C(N/C(C(=O)N1CCCCC1)=C(\Br)c1ccccn1)c1ccccc1. The Kier molecular flexibility index (Phi) is 6.17. The molecule has 1 aliphatic rings. The van der Waals surface area contributed by atoms with Gasteiger partial charge in [-0.05, 0) is 59.5 Å². The molecule has 6 heteroatoms. The molecule has 1 aromatic carbocycles. The van der Waals surface area contributed by atoms with Gasteiger partial charge in [0, 0.05) is 24.8 Å². The molecule has 134 valence electrons. The van der Waals surface area contributed by atoms with Crippen LogP contribution in [0.5, 0.6) is 0 Å². The van der Waals surface area contributed by atoms with E-state index in [-0.39, 0.29) is 17.5 Å². The topological polar surface area (TPSA) is 62.3 Å². The van der Waals surface area contributed by atoms with Crippen LogP contribution in [0.3, 0.4) is 0 Å². The fourth-order valence-corrected chi connectivity index (χ4v) is 3.36. The van der Waals surface area contributed by atoms with E-state index in [0.717, 1.165) is 19.3 Å². The molecule has 2 aromatic rings. The number of hydrogen-bond acceptors (Lipinski definition) is 3. The van der Waals surface area contributed by atoms with E-state index in [2.05, 4.69) is 26.2 Å². The third-order valence-electron chi connectivity index (χ3n) is 4.24. The van der Waals surface area contributed by atoms with Crippen molar-refractivity contribution in [3.8, 4) is 0 Å². The maximum Gasteiger partial charge on any atom is 0.271 e. The highest BCUT2D eigenvalue weighted by molar-refractivity contribution is 9.15. The molecule has 0 aliphatic carbocycles. The molecule has 1 saturated heterocycles. The Hall–Kier alpha value is -2.47. The normalized spacial score (nSPS) is 15.2. The van der Waals surface area contributed by atoms with Gasteiger partial charge in [0.15, 0.2) is 0 Å². The summed E-state index contributed by atoms with van der Waals surface area (Å²) in [7, 11) is 0. The molecule has 26 heavy (non-hydrogen) atoms. The van der Waals surface area contributed by atoms with Gasteiger partial charge in [0.25, 0.3) is 11.8 Å². The molecular formula is C20H20BrN3O2. The number of carbonyl (C=O) groups excluding carboxylic acids is 2. The number of nitrogens with one attached hydrogen (secondary N) is 1. The van der Waals surface area contributed by atoms with Crippen LogP contribution < -0.4 is 5.32 Å². The summed E-state index contributed by atoms with van der Waals surface area (Å²) >= 11 is 3.48. The number of carbonyl (C=O) groups is 2. The minimum absolute atomic E-state index is 0.188. The molecule has 0 atom stereocenters. The summed E-state index contributed by atoms with van der Waals surface area (Å²) in [5.41, 5.74) is 1.32. The Balaban J connectivity index is 1.93. The minimum atomic E-state index is -0.321. The van der Waals surface area contributed by atoms with Crippen LogP contribution in [-0.4, -0.2) is 34.8 Å². The maximum absolute atomic E-state index is 13.1. The highest BCUT2D eigenvalue weighted by Gasteiger charge is 2.25. The van der Waals surface area contributed by atoms with Crippen LogP contribution in [0.2, 0.25) is 0 Å². The Bertz CT molecular complexity index is 800.